The normalized spacial score (nSPS) is 13.5. The highest BCUT2D eigenvalue weighted by molar-refractivity contribution is 5.76. The van der Waals surface area contributed by atoms with Crippen molar-refractivity contribution in [2.75, 3.05) is 26.2 Å². The number of hydrogen-bond acceptors (Lipinski definition) is 5. The van der Waals surface area contributed by atoms with Crippen LogP contribution in [0.25, 0.3) is 0 Å². The summed E-state index contributed by atoms with van der Waals surface area (Å²) in [4.78, 5) is 22.4. The topological polar surface area (TPSA) is 111 Å². The molecule has 0 rings (SSSR count). The fourth-order valence-corrected chi connectivity index (χ4v) is 1.69. The minimum absolute atomic E-state index is 0.133. The van der Waals surface area contributed by atoms with Gasteiger partial charge in [-0.15, -0.1) is 0 Å². The fourth-order valence-electron chi connectivity index (χ4n) is 1.69. The molecule has 0 aliphatic carbocycles. The zero-order valence-corrected chi connectivity index (χ0v) is 13.0. The maximum absolute atomic E-state index is 11.2. The molecule has 0 saturated carbocycles. The van der Waals surface area contributed by atoms with E-state index in [0.717, 1.165) is 25.9 Å². The van der Waals surface area contributed by atoms with Gasteiger partial charge >= 0.3 is 0 Å². The lowest BCUT2D eigenvalue weighted by atomic mass is 10.2. The minimum Gasteiger partial charge on any atom is -0.393 e. The lowest BCUT2D eigenvalue weighted by Gasteiger charge is -2.08. The molecule has 0 aromatic rings. The highest BCUT2D eigenvalue weighted by Gasteiger charge is 2.05. The number of amides is 2. The largest absolute Gasteiger partial charge is 0.393 e. The van der Waals surface area contributed by atoms with Crippen LogP contribution in [0.1, 0.15) is 39.5 Å². The van der Waals surface area contributed by atoms with Gasteiger partial charge in [0, 0.05) is 13.1 Å². The van der Waals surface area contributed by atoms with E-state index < -0.39 is 12.2 Å². The lowest BCUT2D eigenvalue weighted by Crippen LogP contribution is -2.31. The average molecular weight is 303 g/mol. The Hall–Kier alpha value is -1.18. The van der Waals surface area contributed by atoms with E-state index in [1.54, 1.807) is 13.8 Å². The summed E-state index contributed by atoms with van der Waals surface area (Å²) in [5.74, 6) is -0.267. The molecule has 0 aliphatic heterocycles. The van der Waals surface area contributed by atoms with Gasteiger partial charge in [-0.05, 0) is 39.8 Å². The third-order valence-corrected chi connectivity index (χ3v) is 2.67. The van der Waals surface area contributed by atoms with Crippen molar-refractivity contribution in [3.63, 3.8) is 0 Å². The highest BCUT2D eigenvalue weighted by Crippen LogP contribution is 1.89. The molecule has 5 N–H and O–H groups in total. The molecule has 124 valence electrons. The van der Waals surface area contributed by atoms with Gasteiger partial charge in [-0.25, -0.2) is 0 Å². The van der Waals surface area contributed by atoms with Gasteiger partial charge in [0.25, 0.3) is 0 Å². The zero-order chi connectivity index (χ0) is 16.1. The number of aliphatic hydroxyl groups is 2. The van der Waals surface area contributed by atoms with E-state index >= 15 is 0 Å². The first-order chi connectivity index (χ1) is 9.91. The molecule has 7 nitrogen and oxygen atoms in total. The van der Waals surface area contributed by atoms with E-state index in [1.165, 1.54) is 0 Å². The van der Waals surface area contributed by atoms with Gasteiger partial charge in [-0.2, -0.15) is 0 Å². The number of rotatable bonds is 12. The van der Waals surface area contributed by atoms with Crippen LogP contribution in [0.5, 0.6) is 0 Å². The van der Waals surface area contributed by atoms with Crippen LogP contribution in [0.4, 0.5) is 0 Å². The summed E-state index contributed by atoms with van der Waals surface area (Å²) in [5, 5.41) is 26.7. The van der Waals surface area contributed by atoms with Crippen LogP contribution < -0.4 is 16.0 Å². The molecule has 2 atom stereocenters. The predicted molar refractivity (Wildman–Crippen MR) is 80.7 cm³/mol. The third-order valence-electron chi connectivity index (χ3n) is 2.67. The van der Waals surface area contributed by atoms with E-state index in [9.17, 15) is 9.59 Å². The van der Waals surface area contributed by atoms with Gasteiger partial charge in [0.15, 0.2) is 0 Å². The van der Waals surface area contributed by atoms with Crippen molar-refractivity contribution in [1.82, 2.24) is 16.0 Å². The highest BCUT2D eigenvalue weighted by atomic mass is 16.3. The van der Waals surface area contributed by atoms with Crippen molar-refractivity contribution in [1.29, 1.82) is 0 Å². The summed E-state index contributed by atoms with van der Waals surface area (Å²) in [5.41, 5.74) is 0. The maximum Gasteiger partial charge on any atom is 0.222 e. The van der Waals surface area contributed by atoms with Crippen LogP contribution in [0.3, 0.4) is 0 Å². The molecule has 0 aromatic heterocycles. The lowest BCUT2D eigenvalue weighted by molar-refractivity contribution is -0.123. The average Bonchev–Trinajstić information content (AvgIpc) is 2.34. The quantitative estimate of drug-likeness (QED) is 0.301. The van der Waals surface area contributed by atoms with Crippen LogP contribution in [0.15, 0.2) is 0 Å². The van der Waals surface area contributed by atoms with Gasteiger partial charge in [-0.3, -0.25) is 9.59 Å². The Morgan fingerprint density at radius 1 is 0.810 bits per heavy atom. The molecular weight excluding hydrogens is 274 g/mol. The standard InChI is InChI=1S/C14H29N3O4/c1-11(18)9-13(20)16-7-3-5-15-6-4-8-17-14(21)10-12(2)19/h11-12,15,18-19H,3-10H2,1-2H3,(H,16,20)(H,17,21). The molecule has 0 bridgehead atoms. The fraction of sp³-hybridized carbons (Fsp3) is 0.857. The molecule has 0 aliphatic rings. The first-order valence-electron chi connectivity index (χ1n) is 7.52. The first-order valence-corrected chi connectivity index (χ1v) is 7.52. The number of carbonyl (C=O) groups is 2. The summed E-state index contributed by atoms with van der Waals surface area (Å²) in [7, 11) is 0. The van der Waals surface area contributed by atoms with Crippen molar-refractivity contribution < 1.29 is 19.8 Å². The van der Waals surface area contributed by atoms with E-state index in [1.807, 2.05) is 0 Å². The van der Waals surface area contributed by atoms with Crippen LogP contribution in [0.2, 0.25) is 0 Å². The first kappa shape index (κ1) is 19.8. The molecule has 0 radical (unpaired) electrons. The Morgan fingerprint density at radius 3 is 1.52 bits per heavy atom. The monoisotopic (exact) mass is 303 g/mol. The van der Waals surface area contributed by atoms with Crippen molar-refractivity contribution in [2.45, 2.75) is 51.7 Å². The van der Waals surface area contributed by atoms with E-state index in [4.69, 9.17) is 10.2 Å². The van der Waals surface area contributed by atoms with Crippen molar-refractivity contribution in [3.8, 4) is 0 Å². The van der Waals surface area contributed by atoms with Gasteiger partial charge in [-0.1, -0.05) is 0 Å². The number of aliphatic hydroxyl groups excluding tert-OH is 2. The van der Waals surface area contributed by atoms with Crippen LogP contribution in [-0.4, -0.2) is 60.4 Å². The molecule has 0 saturated heterocycles. The van der Waals surface area contributed by atoms with Gasteiger partial charge < -0.3 is 26.2 Å². The number of carbonyl (C=O) groups excluding carboxylic acids is 2. The second-order valence-corrected chi connectivity index (χ2v) is 5.26. The predicted octanol–water partition coefficient (Wildman–Crippen LogP) is -0.870. The Morgan fingerprint density at radius 2 is 1.19 bits per heavy atom. The zero-order valence-electron chi connectivity index (χ0n) is 13.0. The minimum atomic E-state index is -0.604. The maximum atomic E-state index is 11.2. The smallest absolute Gasteiger partial charge is 0.222 e. The van der Waals surface area contributed by atoms with Crippen molar-refractivity contribution in [3.05, 3.63) is 0 Å². The Bertz CT molecular complexity index is 268. The Kier molecular flexibility index (Phi) is 11.8. The van der Waals surface area contributed by atoms with Gasteiger partial charge in [0.05, 0.1) is 25.0 Å². The molecule has 7 heteroatoms. The second kappa shape index (κ2) is 12.6. The molecule has 2 amide bonds. The van der Waals surface area contributed by atoms with Crippen molar-refractivity contribution >= 4 is 11.8 Å². The van der Waals surface area contributed by atoms with Crippen LogP contribution in [-0.2, 0) is 9.59 Å². The summed E-state index contributed by atoms with van der Waals surface area (Å²) >= 11 is 0. The number of hydrogen-bond donors (Lipinski definition) is 5. The Labute approximate surface area is 126 Å². The van der Waals surface area contributed by atoms with Crippen LogP contribution >= 0.6 is 0 Å². The molecule has 0 spiro atoms. The van der Waals surface area contributed by atoms with E-state index in [-0.39, 0.29) is 24.7 Å². The third kappa shape index (κ3) is 15.0. The van der Waals surface area contributed by atoms with Gasteiger partial charge in [0.2, 0.25) is 11.8 Å². The molecule has 21 heavy (non-hydrogen) atoms. The van der Waals surface area contributed by atoms with Crippen LogP contribution in [0, 0.1) is 0 Å². The molecule has 0 aromatic carbocycles. The summed E-state index contributed by atoms with van der Waals surface area (Å²) in [6.07, 6.45) is 0.707. The summed E-state index contributed by atoms with van der Waals surface area (Å²) in [6, 6.07) is 0. The molecule has 2 unspecified atom stereocenters. The molecule has 0 heterocycles. The second-order valence-electron chi connectivity index (χ2n) is 5.26. The Balaban J connectivity index is 3.26. The summed E-state index contributed by atoms with van der Waals surface area (Å²) < 4.78 is 0. The van der Waals surface area contributed by atoms with Crippen molar-refractivity contribution in [2.24, 2.45) is 0 Å². The SMILES string of the molecule is CC(O)CC(=O)NCCCNCCCNC(=O)CC(C)O. The molecular formula is C14H29N3O4. The van der Waals surface area contributed by atoms with Gasteiger partial charge in [0.1, 0.15) is 0 Å². The number of nitrogens with one attached hydrogen (secondary N) is 3. The van der Waals surface area contributed by atoms with E-state index in [2.05, 4.69) is 16.0 Å². The molecule has 0 fully saturated rings. The van der Waals surface area contributed by atoms with E-state index in [0.29, 0.717) is 13.1 Å². The summed E-state index contributed by atoms with van der Waals surface area (Å²) in [6.45, 7) is 5.92.